The summed E-state index contributed by atoms with van der Waals surface area (Å²) in [6.45, 7) is 11.9. The first-order chi connectivity index (χ1) is 6.95. The van der Waals surface area contributed by atoms with Gasteiger partial charge in [0, 0.05) is 18.8 Å². The Morgan fingerprint density at radius 3 is 2.07 bits per heavy atom. The van der Waals surface area contributed by atoms with E-state index in [0.29, 0.717) is 18.8 Å². The summed E-state index contributed by atoms with van der Waals surface area (Å²) in [4.78, 5) is 11.2. The van der Waals surface area contributed by atoms with Crippen molar-refractivity contribution < 1.29 is 18.4 Å². The van der Waals surface area contributed by atoms with Gasteiger partial charge in [0.2, 0.25) is 0 Å². The molecule has 0 amide bonds. The number of carbonyl (C=O) groups is 1. The zero-order valence-corrected chi connectivity index (χ0v) is 11.0. The molecule has 0 fully saturated rings. The maximum absolute atomic E-state index is 11.2. The van der Waals surface area contributed by atoms with Crippen molar-refractivity contribution in [1.82, 2.24) is 0 Å². The van der Waals surface area contributed by atoms with Crippen LogP contribution in [0.25, 0.3) is 0 Å². The zero-order chi connectivity index (χ0) is 11.9. The fraction of sp³-hybridized carbons (Fsp3) is 0.700. The van der Waals surface area contributed by atoms with Crippen molar-refractivity contribution in [2.45, 2.75) is 27.3 Å². The molecule has 88 valence electrons. The molecule has 0 heterocycles. The van der Waals surface area contributed by atoms with E-state index in [0.717, 1.165) is 0 Å². The average molecular weight is 232 g/mol. The summed E-state index contributed by atoms with van der Waals surface area (Å²) >= 11 is 0. The molecule has 0 aliphatic heterocycles. The minimum Gasteiger partial charge on any atom is -0.460 e. The minimum absolute atomic E-state index is 0.209. The van der Waals surface area contributed by atoms with Crippen LogP contribution in [0.2, 0.25) is 6.55 Å². The summed E-state index contributed by atoms with van der Waals surface area (Å²) in [6, 6.07) is 0. The quantitative estimate of drug-likeness (QED) is 0.381. The second-order valence-electron chi connectivity index (χ2n) is 3.36. The van der Waals surface area contributed by atoms with Crippen LogP contribution in [0.4, 0.5) is 0 Å². The molecule has 0 aliphatic carbocycles. The first-order valence-corrected chi connectivity index (χ1v) is 7.58. The zero-order valence-electron chi connectivity index (χ0n) is 9.96. The number of esters is 1. The third-order valence-corrected chi connectivity index (χ3v) is 4.18. The molecule has 0 aliphatic rings. The van der Waals surface area contributed by atoms with Gasteiger partial charge in [-0.1, -0.05) is 6.58 Å². The maximum atomic E-state index is 11.2. The van der Waals surface area contributed by atoms with E-state index in [1.807, 2.05) is 20.4 Å². The Balaban J connectivity index is 4.17. The smallest absolute Gasteiger partial charge is 0.374 e. The Labute approximate surface area is 92.5 Å². The third kappa shape index (κ3) is 5.71. The number of hydrogen-bond acceptors (Lipinski definition) is 4. The molecule has 0 aromatic carbocycles. The molecule has 0 saturated heterocycles. The van der Waals surface area contributed by atoms with Crippen molar-refractivity contribution in [3.8, 4) is 0 Å². The van der Waals surface area contributed by atoms with Crippen molar-refractivity contribution in [3.63, 3.8) is 0 Å². The standard InChI is InChI=1S/C10H20O4Si/c1-6-13-15(5,14-7-2)8-12-10(11)9(3)4/h3,6-8H2,1-2,4-5H3. The van der Waals surface area contributed by atoms with Gasteiger partial charge in [-0.05, 0) is 27.3 Å². The van der Waals surface area contributed by atoms with E-state index in [1.54, 1.807) is 6.92 Å². The number of carbonyl (C=O) groups excluding carboxylic acids is 1. The minimum atomic E-state index is -2.34. The van der Waals surface area contributed by atoms with Crippen LogP contribution in [0.5, 0.6) is 0 Å². The van der Waals surface area contributed by atoms with E-state index in [9.17, 15) is 4.79 Å². The van der Waals surface area contributed by atoms with Gasteiger partial charge in [-0.25, -0.2) is 4.79 Å². The molecule has 15 heavy (non-hydrogen) atoms. The average Bonchev–Trinajstić information content (AvgIpc) is 2.15. The normalized spacial score (nSPS) is 11.2. The van der Waals surface area contributed by atoms with Gasteiger partial charge in [0.05, 0.1) is 0 Å². The Morgan fingerprint density at radius 2 is 1.73 bits per heavy atom. The first kappa shape index (κ1) is 14.3. The van der Waals surface area contributed by atoms with Crippen molar-refractivity contribution >= 4 is 14.5 Å². The van der Waals surface area contributed by atoms with Crippen LogP contribution in [-0.4, -0.2) is 34.0 Å². The molecule has 0 radical (unpaired) electrons. The molecule has 0 atom stereocenters. The molecule has 0 saturated carbocycles. The van der Waals surface area contributed by atoms with Crippen LogP contribution in [-0.2, 0) is 18.4 Å². The number of rotatable bonds is 7. The molecule has 0 spiro atoms. The molecule has 0 aromatic rings. The van der Waals surface area contributed by atoms with Crippen LogP contribution >= 0.6 is 0 Å². The Bertz CT molecular complexity index is 221. The highest BCUT2D eigenvalue weighted by molar-refractivity contribution is 6.66. The van der Waals surface area contributed by atoms with E-state index in [1.165, 1.54) is 0 Å². The fourth-order valence-electron chi connectivity index (χ4n) is 1.06. The topological polar surface area (TPSA) is 44.8 Å². The van der Waals surface area contributed by atoms with Crippen LogP contribution in [0, 0.1) is 0 Å². The van der Waals surface area contributed by atoms with E-state index in [4.69, 9.17) is 13.6 Å². The first-order valence-electron chi connectivity index (χ1n) is 5.05. The van der Waals surface area contributed by atoms with Gasteiger partial charge < -0.3 is 13.6 Å². The van der Waals surface area contributed by atoms with Crippen LogP contribution in [0.3, 0.4) is 0 Å². The monoisotopic (exact) mass is 232 g/mol. The summed E-state index contributed by atoms with van der Waals surface area (Å²) in [5, 5.41) is 0. The van der Waals surface area contributed by atoms with Gasteiger partial charge in [0.25, 0.3) is 0 Å². The van der Waals surface area contributed by atoms with E-state index >= 15 is 0 Å². The predicted octanol–water partition coefficient (Wildman–Crippen LogP) is 1.79. The van der Waals surface area contributed by atoms with Crippen molar-refractivity contribution in [1.29, 1.82) is 0 Å². The van der Waals surface area contributed by atoms with Gasteiger partial charge in [-0.2, -0.15) is 0 Å². The molecular formula is C10H20O4Si. The lowest BCUT2D eigenvalue weighted by Gasteiger charge is -2.25. The largest absolute Gasteiger partial charge is 0.460 e. The van der Waals surface area contributed by atoms with Crippen molar-refractivity contribution in [3.05, 3.63) is 12.2 Å². The SMILES string of the molecule is C=C(C)C(=O)OC[Si](C)(OCC)OCC. The molecular weight excluding hydrogens is 212 g/mol. The molecule has 0 N–H and O–H groups in total. The highest BCUT2D eigenvalue weighted by Crippen LogP contribution is 2.08. The molecule has 0 aromatic heterocycles. The highest BCUT2D eigenvalue weighted by Gasteiger charge is 2.33. The van der Waals surface area contributed by atoms with Crippen molar-refractivity contribution in [2.24, 2.45) is 0 Å². The Kier molecular flexibility index (Phi) is 6.47. The predicted molar refractivity (Wildman–Crippen MR) is 60.6 cm³/mol. The van der Waals surface area contributed by atoms with Gasteiger partial charge >= 0.3 is 14.5 Å². The summed E-state index contributed by atoms with van der Waals surface area (Å²) in [5.74, 6) is -0.395. The highest BCUT2D eigenvalue weighted by atomic mass is 28.4. The van der Waals surface area contributed by atoms with Gasteiger partial charge in [0.1, 0.15) is 6.23 Å². The van der Waals surface area contributed by atoms with Gasteiger partial charge in [-0.15, -0.1) is 0 Å². The number of hydrogen-bond donors (Lipinski definition) is 0. The lowest BCUT2D eigenvalue weighted by Crippen LogP contribution is -2.45. The lowest BCUT2D eigenvalue weighted by atomic mass is 10.4. The third-order valence-electron chi connectivity index (χ3n) is 1.71. The van der Waals surface area contributed by atoms with Crippen LogP contribution < -0.4 is 0 Å². The summed E-state index contributed by atoms with van der Waals surface area (Å²) in [5.41, 5.74) is 0.388. The van der Waals surface area contributed by atoms with Crippen molar-refractivity contribution in [2.75, 3.05) is 19.4 Å². The van der Waals surface area contributed by atoms with Gasteiger partial charge in [-0.3, -0.25) is 0 Å². The molecule has 5 heteroatoms. The molecule has 0 bridgehead atoms. The Morgan fingerprint density at radius 1 is 1.27 bits per heavy atom. The molecule has 0 rings (SSSR count). The van der Waals surface area contributed by atoms with Gasteiger partial charge in [0.15, 0.2) is 0 Å². The van der Waals surface area contributed by atoms with E-state index in [2.05, 4.69) is 6.58 Å². The second-order valence-corrected chi connectivity index (χ2v) is 6.49. The summed E-state index contributed by atoms with van der Waals surface area (Å²) in [7, 11) is -2.34. The fourth-order valence-corrected chi connectivity index (χ4v) is 2.92. The maximum Gasteiger partial charge on any atom is 0.374 e. The summed E-state index contributed by atoms with van der Waals surface area (Å²) < 4.78 is 16.1. The Hall–Kier alpha value is -0.653. The molecule has 4 nitrogen and oxygen atoms in total. The van der Waals surface area contributed by atoms with E-state index in [-0.39, 0.29) is 6.23 Å². The summed E-state index contributed by atoms with van der Waals surface area (Å²) in [6.07, 6.45) is 0.209. The van der Waals surface area contributed by atoms with Crippen LogP contribution in [0.15, 0.2) is 12.2 Å². The van der Waals surface area contributed by atoms with E-state index < -0.39 is 14.5 Å². The van der Waals surface area contributed by atoms with Crippen LogP contribution in [0.1, 0.15) is 20.8 Å². The molecule has 0 unspecified atom stereocenters. The number of ether oxygens (including phenoxy) is 1. The second kappa shape index (κ2) is 6.76. The lowest BCUT2D eigenvalue weighted by molar-refractivity contribution is -0.138.